The van der Waals surface area contributed by atoms with Crippen molar-refractivity contribution < 1.29 is 4.79 Å². The van der Waals surface area contributed by atoms with Crippen molar-refractivity contribution in [1.82, 2.24) is 14.5 Å². The maximum Gasteiger partial charge on any atom is 0.227 e. The minimum atomic E-state index is 0.0941. The molecule has 0 spiro atoms. The van der Waals surface area contributed by atoms with Crippen LogP contribution in [0.5, 0.6) is 0 Å². The maximum absolute atomic E-state index is 12.6. The Balaban J connectivity index is 1.47. The summed E-state index contributed by atoms with van der Waals surface area (Å²) in [6.07, 6.45) is 2.25. The number of rotatable bonds is 3. The molecule has 25 heavy (non-hydrogen) atoms. The first kappa shape index (κ1) is 15.6. The van der Waals surface area contributed by atoms with Crippen LogP contribution < -0.4 is 0 Å². The van der Waals surface area contributed by atoms with Gasteiger partial charge in [0.05, 0.1) is 41.4 Å². The van der Waals surface area contributed by atoms with E-state index in [9.17, 15) is 4.79 Å². The number of amides is 1. The highest BCUT2D eigenvalue weighted by Crippen LogP contribution is 2.27. The number of carbonyl (C=O) groups excluding carboxylic acids is 1. The molecule has 1 amide bonds. The van der Waals surface area contributed by atoms with Crippen LogP contribution in [0.4, 0.5) is 0 Å². The lowest BCUT2D eigenvalue weighted by Gasteiger charge is -2.28. The van der Waals surface area contributed by atoms with Gasteiger partial charge >= 0.3 is 0 Å². The summed E-state index contributed by atoms with van der Waals surface area (Å²) in [5.41, 5.74) is 2.67. The van der Waals surface area contributed by atoms with Gasteiger partial charge in [-0.15, -0.1) is 11.3 Å². The molecule has 2 aromatic heterocycles. The summed E-state index contributed by atoms with van der Waals surface area (Å²) in [6, 6.07) is 13.4. The minimum Gasteiger partial charge on any atom is -0.333 e. The predicted molar refractivity (Wildman–Crippen MR) is 95.8 cm³/mol. The zero-order chi connectivity index (χ0) is 17.2. The Morgan fingerprint density at radius 2 is 2.08 bits per heavy atom. The number of nitrogens with zero attached hydrogens (tertiary/aromatic N) is 4. The summed E-state index contributed by atoms with van der Waals surface area (Å²) in [6.45, 7) is 2.00. The van der Waals surface area contributed by atoms with Gasteiger partial charge in [0.15, 0.2) is 0 Å². The zero-order valence-electron chi connectivity index (χ0n) is 13.6. The topological polar surface area (TPSA) is 61.9 Å². The lowest BCUT2D eigenvalue weighted by Crippen LogP contribution is -2.39. The molecule has 0 N–H and O–H groups in total. The second kappa shape index (κ2) is 6.54. The van der Waals surface area contributed by atoms with E-state index in [1.165, 1.54) is 4.88 Å². The Labute approximate surface area is 149 Å². The molecule has 5 nitrogen and oxygen atoms in total. The van der Waals surface area contributed by atoms with Gasteiger partial charge in [-0.1, -0.05) is 18.2 Å². The van der Waals surface area contributed by atoms with Crippen LogP contribution in [-0.4, -0.2) is 26.9 Å². The first-order valence-electron chi connectivity index (χ1n) is 8.09. The molecule has 4 rings (SSSR count). The highest BCUT2D eigenvalue weighted by molar-refractivity contribution is 7.13. The molecule has 0 unspecified atom stereocenters. The van der Waals surface area contributed by atoms with Crippen LogP contribution >= 0.6 is 11.3 Å². The molecule has 1 aromatic carbocycles. The lowest BCUT2D eigenvalue weighted by atomic mass is 10.1. The summed E-state index contributed by atoms with van der Waals surface area (Å²) >= 11 is 1.70. The third-order valence-electron chi connectivity index (χ3n) is 4.43. The molecule has 1 aliphatic heterocycles. The van der Waals surface area contributed by atoms with Crippen LogP contribution in [0.25, 0.3) is 10.6 Å². The fourth-order valence-corrected chi connectivity index (χ4v) is 3.82. The van der Waals surface area contributed by atoms with Crippen molar-refractivity contribution in [1.29, 1.82) is 5.26 Å². The molecule has 3 aromatic rings. The van der Waals surface area contributed by atoms with Gasteiger partial charge in [-0.05, 0) is 29.1 Å². The highest BCUT2D eigenvalue weighted by Gasteiger charge is 2.24. The van der Waals surface area contributed by atoms with E-state index < -0.39 is 0 Å². The van der Waals surface area contributed by atoms with Crippen molar-refractivity contribution in [3.63, 3.8) is 0 Å². The Morgan fingerprint density at radius 3 is 2.80 bits per heavy atom. The smallest absolute Gasteiger partial charge is 0.227 e. The van der Waals surface area contributed by atoms with E-state index in [-0.39, 0.29) is 5.91 Å². The maximum atomic E-state index is 12.6. The normalized spacial score (nSPS) is 13.3. The van der Waals surface area contributed by atoms with E-state index in [4.69, 9.17) is 5.26 Å². The summed E-state index contributed by atoms with van der Waals surface area (Å²) in [5.74, 6) is 1.03. The van der Waals surface area contributed by atoms with Crippen LogP contribution in [0, 0.1) is 11.3 Å². The number of thiophene rings is 1. The van der Waals surface area contributed by atoms with Crippen LogP contribution in [0.15, 0.2) is 48.0 Å². The fraction of sp³-hybridized carbons (Fsp3) is 0.211. The van der Waals surface area contributed by atoms with E-state index in [2.05, 4.69) is 27.1 Å². The number of carbonyl (C=O) groups is 1. The fourth-order valence-electron chi connectivity index (χ4n) is 3.08. The Hall–Kier alpha value is -2.91. The molecule has 0 saturated carbocycles. The van der Waals surface area contributed by atoms with E-state index in [1.807, 2.05) is 29.3 Å². The van der Waals surface area contributed by atoms with E-state index in [0.717, 1.165) is 23.6 Å². The highest BCUT2D eigenvalue weighted by atomic mass is 32.1. The quantitative estimate of drug-likeness (QED) is 0.731. The van der Waals surface area contributed by atoms with Crippen LogP contribution in [0.2, 0.25) is 0 Å². The number of hydrogen-bond acceptors (Lipinski definition) is 4. The van der Waals surface area contributed by atoms with Crippen molar-refractivity contribution in [2.45, 2.75) is 19.5 Å². The van der Waals surface area contributed by atoms with Gasteiger partial charge in [0, 0.05) is 13.1 Å². The van der Waals surface area contributed by atoms with E-state index in [0.29, 0.717) is 25.1 Å². The molecule has 124 valence electrons. The van der Waals surface area contributed by atoms with Crippen LogP contribution in [0.1, 0.15) is 17.0 Å². The van der Waals surface area contributed by atoms with E-state index in [1.54, 1.807) is 23.5 Å². The molecule has 0 radical (unpaired) electrons. The number of imidazole rings is 1. The van der Waals surface area contributed by atoms with Gasteiger partial charge in [0.25, 0.3) is 0 Å². The molecule has 6 heteroatoms. The number of nitriles is 1. The standard InChI is InChI=1S/C19H16N4OS/c20-11-15-5-3-14(4-6-15)10-19(24)22-7-8-23-16(12-21-18(23)13-22)17-2-1-9-25-17/h1-6,9,12H,7-8,10,13H2. The third-order valence-corrected chi connectivity index (χ3v) is 5.32. The number of aromatic nitrogens is 2. The Morgan fingerprint density at radius 1 is 1.24 bits per heavy atom. The average molecular weight is 348 g/mol. The minimum absolute atomic E-state index is 0.0941. The molecule has 1 aliphatic rings. The average Bonchev–Trinajstić information content (AvgIpc) is 3.31. The van der Waals surface area contributed by atoms with Crippen molar-refractivity contribution in [2.75, 3.05) is 6.54 Å². The van der Waals surface area contributed by atoms with Crippen molar-refractivity contribution in [3.8, 4) is 16.6 Å². The Bertz CT molecular complexity index is 935. The summed E-state index contributed by atoms with van der Waals surface area (Å²) in [5, 5.41) is 10.9. The van der Waals surface area contributed by atoms with Crippen molar-refractivity contribution in [2.24, 2.45) is 0 Å². The molecule has 0 aliphatic carbocycles. The van der Waals surface area contributed by atoms with Gasteiger partial charge in [-0.2, -0.15) is 5.26 Å². The van der Waals surface area contributed by atoms with Gasteiger partial charge in [-0.3, -0.25) is 4.79 Å². The van der Waals surface area contributed by atoms with Crippen molar-refractivity contribution >= 4 is 17.2 Å². The molecular weight excluding hydrogens is 332 g/mol. The number of hydrogen-bond donors (Lipinski definition) is 0. The van der Waals surface area contributed by atoms with Gasteiger partial charge in [0.2, 0.25) is 5.91 Å². The first-order chi connectivity index (χ1) is 12.2. The second-order valence-electron chi connectivity index (χ2n) is 5.99. The first-order valence-corrected chi connectivity index (χ1v) is 8.97. The molecular formula is C19H16N4OS. The van der Waals surface area contributed by atoms with E-state index >= 15 is 0 Å². The zero-order valence-corrected chi connectivity index (χ0v) is 14.4. The SMILES string of the molecule is N#Cc1ccc(CC(=O)N2CCn3c(-c4cccs4)cnc3C2)cc1. The summed E-state index contributed by atoms with van der Waals surface area (Å²) < 4.78 is 2.21. The molecule has 3 heterocycles. The molecule has 0 bridgehead atoms. The van der Waals surface area contributed by atoms with Crippen molar-refractivity contribution in [3.05, 3.63) is 64.9 Å². The van der Waals surface area contributed by atoms with Crippen LogP contribution in [0.3, 0.4) is 0 Å². The van der Waals surface area contributed by atoms with Crippen LogP contribution in [-0.2, 0) is 24.3 Å². The molecule has 0 fully saturated rings. The molecule has 0 saturated heterocycles. The number of fused-ring (bicyclic) bond motifs is 1. The summed E-state index contributed by atoms with van der Waals surface area (Å²) in [7, 11) is 0. The molecule has 0 atom stereocenters. The number of benzene rings is 1. The second-order valence-corrected chi connectivity index (χ2v) is 6.94. The predicted octanol–water partition coefficient (Wildman–Crippen LogP) is 3.07. The van der Waals surface area contributed by atoms with Gasteiger partial charge in [-0.25, -0.2) is 4.98 Å². The monoisotopic (exact) mass is 348 g/mol. The lowest BCUT2D eigenvalue weighted by molar-refractivity contribution is -0.132. The van der Waals surface area contributed by atoms with Gasteiger partial charge in [0.1, 0.15) is 5.82 Å². The summed E-state index contributed by atoms with van der Waals surface area (Å²) in [4.78, 5) is 20.2. The van der Waals surface area contributed by atoms with Gasteiger partial charge < -0.3 is 9.47 Å². The Kier molecular flexibility index (Phi) is 4.08. The largest absolute Gasteiger partial charge is 0.333 e. The third kappa shape index (κ3) is 3.06.